The summed E-state index contributed by atoms with van der Waals surface area (Å²) in [6.45, 7) is 1.75. The molecule has 2 heterocycles. The van der Waals surface area contributed by atoms with Crippen LogP contribution in [0.2, 0.25) is 0 Å². The monoisotopic (exact) mass is 1820 g/mol. The molecule has 1 aliphatic rings. The number of nitrogens with zero attached hydrogens (tertiary/aromatic N) is 2. The summed E-state index contributed by atoms with van der Waals surface area (Å²) in [5, 5.41) is 10.6. The van der Waals surface area contributed by atoms with E-state index in [4.69, 9.17) is 384 Å². The van der Waals surface area contributed by atoms with E-state index in [-0.39, 0.29) is 28.6 Å². The molecule has 99 heavy (non-hydrogen) atoms. The molecule has 0 fully saturated rings. The number of carboxylic acids is 1. The van der Waals surface area contributed by atoms with Gasteiger partial charge in [-0.1, -0.05) is 0 Å². The zero-order valence-corrected chi connectivity index (χ0v) is 41.2. The second kappa shape index (κ2) is 4020. The largest absolute Gasteiger partial charge is 1.00 e. The molecular weight excluding hydrogens is 1810 g/mol. The number of hydrogen-bond acceptors (Lipinski definition) is 5. The Kier molecular flexibility index (Phi) is 12800. The number of fused-ring (bicyclic) bond motifs is 1. The van der Waals surface area contributed by atoms with Crippen molar-refractivity contribution in [1.29, 1.82) is 0 Å². The molecule has 0 radical (unpaired) electrons. The smallest absolute Gasteiger partial charge is 0.542 e. The molecule has 666 valence electrons. The van der Waals surface area contributed by atoms with Crippen molar-refractivity contribution in [3.8, 4) is 0 Å². The van der Waals surface area contributed by atoms with Gasteiger partial charge in [0.1, 0.15) is 11.0 Å². The Morgan fingerprint density at radius 2 is 0.364 bits per heavy atom. The summed E-state index contributed by atoms with van der Waals surface area (Å²) in [5.74, 6) is -1.16. The molecule has 0 atom stereocenters. The Labute approximate surface area is 489 Å². The molecule has 1 aromatic rings. The van der Waals surface area contributed by atoms with Crippen molar-refractivity contribution in [2.24, 2.45) is 0 Å². The summed E-state index contributed by atoms with van der Waals surface area (Å²) in [4.78, 5) is 17.8. The Morgan fingerprint density at radius 1 is 0.263 bits per heavy atom. The van der Waals surface area contributed by atoms with Gasteiger partial charge in [-0.25, -0.2) is 4.98 Å². The predicted octanol–water partition coefficient (Wildman–Crippen LogP) is 31.9. The summed E-state index contributed by atoms with van der Waals surface area (Å²) >= 11 is 1.23. The van der Waals surface area contributed by atoms with Crippen LogP contribution in [0, 0.1) is 0 Å². The summed E-state index contributed by atoms with van der Waals surface area (Å²) < 4.78 is 672. The summed E-state index contributed by atoms with van der Waals surface area (Å²) in [6, 6.07) is 0. The number of thiazole rings is 1. The van der Waals surface area contributed by atoms with Gasteiger partial charge in [0.2, 0.25) is 0 Å². The van der Waals surface area contributed by atoms with Crippen molar-refractivity contribution in [2.45, 2.75) is 13.0 Å². The Balaban J connectivity index is -0.00000000814. The number of carbonyl (C=O) groups excluding carboxylic acids is 1. The number of halogens is 85. The van der Waals surface area contributed by atoms with Crippen LogP contribution in [0.1, 0.15) is 20.4 Å². The zero-order chi connectivity index (χ0) is 93.4. The van der Waals surface area contributed by atoms with E-state index in [1.807, 2.05) is 7.05 Å². The minimum Gasteiger partial charge on any atom is -0.542 e. The average molecular weight is 1820 g/mol. The zero-order valence-electron chi connectivity index (χ0n) is 40.4. The van der Waals surface area contributed by atoms with Crippen LogP contribution in [0.15, 0.2) is 0 Å². The molecular formula is C8H10F85LiN2O2S. The van der Waals surface area contributed by atoms with Gasteiger partial charge < -0.3 is 14.8 Å². The van der Waals surface area contributed by atoms with E-state index < -0.39 is 5.97 Å². The maximum Gasteiger partial charge on any atom is 1.00 e. The first-order valence-electron chi connectivity index (χ1n) is 10.1. The number of likely N-dealkylation sites (N-methyl/N-ethyl adjacent to an activating group) is 1. The van der Waals surface area contributed by atoms with Crippen LogP contribution in [0.4, 0.5) is 389 Å². The molecule has 0 saturated carbocycles. The third kappa shape index (κ3) is 2110. The van der Waals surface area contributed by atoms with Crippen molar-refractivity contribution in [2.75, 3.05) is 13.6 Å². The second-order valence-corrected chi connectivity index (χ2v) is 4.25. The Morgan fingerprint density at radius 3 is 0.455 bits per heavy atom. The van der Waals surface area contributed by atoms with Gasteiger partial charge in [0, 0.05) is 409 Å². The third-order valence-electron chi connectivity index (χ3n) is 2.10. The summed E-state index contributed by atoms with van der Waals surface area (Å²) in [7, 11) is 2.02. The molecule has 0 unspecified atom stereocenters. The normalized spacial score (nSPS) is 4.78. The first kappa shape index (κ1) is 316. The van der Waals surface area contributed by atoms with E-state index in [1.165, 1.54) is 11.3 Å². The molecule has 2 rings (SSSR count). The van der Waals surface area contributed by atoms with Gasteiger partial charge in [0.15, 0.2) is 0 Å². The van der Waals surface area contributed by atoms with Crippen molar-refractivity contribution < 1.29 is 418 Å². The van der Waals surface area contributed by atoms with E-state index in [9.17, 15) is 9.90 Å². The van der Waals surface area contributed by atoms with Crippen LogP contribution in [0.5, 0.6) is 0 Å². The van der Waals surface area contributed by atoms with Gasteiger partial charge in [-0.15, -0.1) is 11.3 Å². The van der Waals surface area contributed by atoms with Gasteiger partial charge in [-0.05, 0) is 7.05 Å². The van der Waals surface area contributed by atoms with Crippen LogP contribution in [0.3, 0.4) is 0 Å². The molecule has 0 N–H and O–H groups in total. The van der Waals surface area contributed by atoms with Crippen molar-refractivity contribution in [1.82, 2.24) is 9.88 Å². The number of rotatable bonds is 1. The number of carboxylic acid groups (broad SMARTS) is 1. The maximum absolute atomic E-state index is 10.5. The fourth-order valence-electron chi connectivity index (χ4n) is 1.41. The summed E-state index contributed by atoms with van der Waals surface area (Å²) in [5.41, 5.74) is 0.933. The van der Waals surface area contributed by atoms with Gasteiger partial charge >= 0.3 is 18.9 Å². The molecule has 4 nitrogen and oxygen atoms in total. The van der Waals surface area contributed by atoms with Crippen molar-refractivity contribution in [3.63, 3.8) is 0 Å². The predicted molar refractivity (Wildman–Crippen MR) is 142 cm³/mol. The summed E-state index contributed by atoms with van der Waals surface area (Å²) in [6.07, 6.45) is 0.843. The maximum atomic E-state index is 10.5. The minimum atomic E-state index is -1.16. The quantitative estimate of drug-likeness (QED) is 0.208. The van der Waals surface area contributed by atoms with E-state index in [2.05, 4.69) is 9.88 Å². The molecule has 0 saturated heterocycles. The molecule has 0 aliphatic carbocycles. The molecule has 0 amide bonds. The van der Waals surface area contributed by atoms with E-state index in [0.29, 0.717) is 0 Å². The van der Waals surface area contributed by atoms with Gasteiger partial charge in [0.05, 0.1) is 5.69 Å². The number of hydrogen-bond donors (Lipinski definition) is 0. The Bertz CT molecular complexity index is 411. The van der Waals surface area contributed by atoms with Crippen molar-refractivity contribution in [3.05, 3.63) is 15.6 Å². The molecule has 0 spiro atoms. The number of aromatic carboxylic acids is 1. The molecule has 0 bridgehead atoms. The minimum absolute atomic E-state index is 0. The fourth-order valence-corrected chi connectivity index (χ4v) is 2.43. The molecule has 91 heteroatoms. The van der Waals surface area contributed by atoms with Gasteiger partial charge in [-0.2, -0.15) is 0 Å². The number of carbonyl (C=O) groups is 1. The van der Waals surface area contributed by atoms with E-state index >= 15 is 0 Å². The number of aromatic nitrogens is 1. The third-order valence-corrected chi connectivity index (χ3v) is 3.16. The molecule has 0 aromatic carbocycles. The fraction of sp³-hybridized carbons (Fsp3) is 0.500. The van der Waals surface area contributed by atoms with Crippen LogP contribution < -0.4 is 24.0 Å². The first-order chi connectivity index (χ1) is 48.2. The average Bonchev–Trinajstić information content (AvgIpc) is 4.25. The molecule has 1 aliphatic heterocycles. The Hall–Kier alpha value is -6.29. The van der Waals surface area contributed by atoms with Crippen LogP contribution in [-0.2, 0) is 13.0 Å². The van der Waals surface area contributed by atoms with E-state index in [1.54, 1.807) is 0 Å². The SMILES string of the molecule is CN1CCc2nc(C(=O)[O-])sc2C1.F.FF.FF.FF.FF.FF.FF.FF.FF.FF.FF.FF.FF.FF.FF.FF.FF.FF.FF.FF.FF.FF.FF.FF.FF.FF.FF.FF.FF.FF.FF.FF.FF.FF.FF.FF.FF.FF.FF.FF.FF.FF.FF.[Li+]. The van der Waals surface area contributed by atoms with E-state index in [0.717, 1.165) is 30.1 Å². The van der Waals surface area contributed by atoms with Crippen LogP contribution >= 0.6 is 11.3 Å². The topological polar surface area (TPSA) is 56.3 Å². The van der Waals surface area contributed by atoms with Crippen LogP contribution in [0.25, 0.3) is 0 Å². The first-order valence-corrected chi connectivity index (χ1v) is 10.9. The van der Waals surface area contributed by atoms with Gasteiger partial charge in [-0.3, -0.25) is 4.70 Å². The molecule has 1 aromatic heterocycles. The van der Waals surface area contributed by atoms with Crippen LogP contribution in [-0.4, -0.2) is 29.4 Å². The van der Waals surface area contributed by atoms with Gasteiger partial charge in [0.25, 0.3) is 0 Å². The standard InChI is InChI=1S/C8H10N2O2S.42F2.FH.Li/c1-10-3-2-5-6(4-10)13-7(9-5)8(11)12;42*1-2;;/h2-4H2,1H3,(H,11,12);;;;;;;;;;;;;;;;;;;;;;;;;;;;;;;;;;;;;;;;;;;1H;/q;;;;;;;;;;;;;;;;;;;;;;;;;;;;;;;;;;;;;;;;;;;;+1/p-1. The second-order valence-electron chi connectivity index (χ2n) is 3.16. The van der Waals surface area contributed by atoms with Crippen molar-refractivity contribution >= 4 is 17.3 Å².